The quantitative estimate of drug-likeness (QED) is 0.884. The summed E-state index contributed by atoms with van der Waals surface area (Å²) in [5.74, 6) is -0.160. The third-order valence-corrected chi connectivity index (χ3v) is 3.02. The molecule has 0 bridgehead atoms. The van der Waals surface area contributed by atoms with Crippen LogP contribution in [0.1, 0.15) is 15.2 Å². The Morgan fingerprint density at radius 3 is 2.69 bits per heavy atom. The van der Waals surface area contributed by atoms with E-state index in [1.807, 2.05) is 30.3 Å². The predicted molar refractivity (Wildman–Crippen MR) is 62.1 cm³/mol. The molecule has 4 heteroatoms. The van der Waals surface area contributed by atoms with Gasteiger partial charge >= 0.3 is 5.97 Å². The largest absolute Gasteiger partial charge is 0.489 e. The van der Waals surface area contributed by atoms with Crippen LogP contribution in [-0.4, -0.2) is 11.1 Å². The predicted octanol–water partition coefficient (Wildman–Crippen LogP) is 3.03. The average molecular weight is 234 g/mol. The first-order chi connectivity index (χ1) is 7.77. The Balaban J connectivity index is 2.05. The highest BCUT2D eigenvalue weighted by Gasteiger charge is 2.11. The Morgan fingerprint density at radius 2 is 2.00 bits per heavy atom. The molecule has 0 fully saturated rings. The van der Waals surface area contributed by atoms with E-state index in [9.17, 15) is 4.79 Å². The molecule has 0 aliphatic rings. The van der Waals surface area contributed by atoms with Crippen molar-refractivity contribution in [3.8, 4) is 5.75 Å². The van der Waals surface area contributed by atoms with Crippen LogP contribution in [0.5, 0.6) is 5.75 Å². The molecule has 1 heterocycles. The highest BCUT2D eigenvalue weighted by atomic mass is 32.1. The summed E-state index contributed by atoms with van der Waals surface area (Å²) in [6.07, 6.45) is 0. The van der Waals surface area contributed by atoms with E-state index in [0.717, 1.165) is 5.75 Å². The van der Waals surface area contributed by atoms with Crippen LogP contribution in [0.3, 0.4) is 0 Å². The van der Waals surface area contributed by atoms with Crippen molar-refractivity contribution < 1.29 is 14.6 Å². The van der Waals surface area contributed by atoms with Crippen LogP contribution in [0, 0.1) is 0 Å². The fourth-order valence-corrected chi connectivity index (χ4v) is 2.06. The van der Waals surface area contributed by atoms with E-state index in [-0.39, 0.29) is 6.61 Å². The minimum Gasteiger partial charge on any atom is -0.489 e. The molecule has 2 rings (SSSR count). The number of carboxylic acids is 1. The molecule has 1 aromatic heterocycles. The van der Waals surface area contributed by atoms with E-state index in [1.54, 1.807) is 11.4 Å². The topological polar surface area (TPSA) is 46.5 Å². The summed E-state index contributed by atoms with van der Waals surface area (Å²) in [5, 5.41) is 10.7. The highest BCUT2D eigenvalue weighted by Crippen LogP contribution is 2.19. The molecule has 0 saturated carbocycles. The normalized spacial score (nSPS) is 10.0. The molecule has 0 spiro atoms. The Hall–Kier alpha value is -1.81. The van der Waals surface area contributed by atoms with E-state index >= 15 is 0 Å². The third kappa shape index (κ3) is 2.41. The van der Waals surface area contributed by atoms with Crippen LogP contribution in [0.2, 0.25) is 0 Å². The molecular weight excluding hydrogens is 224 g/mol. The number of para-hydroxylation sites is 1. The van der Waals surface area contributed by atoms with Gasteiger partial charge in [0.05, 0.1) is 0 Å². The van der Waals surface area contributed by atoms with E-state index in [2.05, 4.69) is 0 Å². The van der Waals surface area contributed by atoms with Crippen molar-refractivity contribution >= 4 is 17.3 Å². The zero-order chi connectivity index (χ0) is 11.4. The van der Waals surface area contributed by atoms with Gasteiger partial charge in [-0.3, -0.25) is 0 Å². The molecule has 0 atom stereocenters. The van der Waals surface area contributed by atoms with Crippen molar-refractivity contribution in [3.05, 3.63) is 52.2 Å². The fraction of sp³-hybridized carbons (Fsp3) is 0.0833. The van der Waals surface area contributed by atoms with Gasteiger partial charge in [0.15, 0.2) is 0 Å². The molecule has 0 unspecified atom stereocenters. The highest BCUT2D eigenvalue weighted by molar-refractivity contribution is 7.12. The van der Waals surface area contributed by atoms with Crippen LogP contribution >= 0.6 is 11.3 Å². The summed E-state index contributed by atoms with van der Waals surface area (Å²) < 4.78 is 5.48. The second-order valence-electron chi connectivity index (χ2n) is 3.18. The molecule has 0 saturated heterocycles. The first-order valence-corrected chi connectivity index (χ1v) is 5.63. The van der Waals surface area contributed by atoms with Gasteiger partial charge in [-0.25, -0.2) is 4.79 Å². The SMILES string of the molecule is O=C(O)c1sccc1COc1ccccc1. The molecular formula is C12H10O3S. The number of benzene rings is 1. The maximum atomic E-state index is 10.8. The lowest BCUT2D eigenvalue weighted by Gasteiger charge is -2.04. The van der Waals surface area contributed by atoms with Gasteiger partial charge in [-0.15, -0.1) is 11.3 Å². The number of hydrogen-bond acceptors (Lipinski definition) is 3. The molecule has 82 valence electrons. The molecule has 2 aromatic rings. The molecule has 0 amide bonds. The number of carbonyl (C=O) groups is 1. The number of hydrogen-bond donors (Lipinski definition) is 1. The lowest BCUT2D eigenvalue weighted by atomic mass is 10.3. The summed E-state index contributed by atoms with van der Waals surface area (Å²) in [7, 11) is 0. The van der Waals surface area contributed by atoms with Crippen molar-refractivity contribution in [2.45, 2.75) is 6.61 Å². The Kier molecular flexibility index (Phi) is 3.22. The minimum absolute atomic E-state index is 0.287. The fourth-order valence-electron chi connectivity index (χ4n) is 1.31. The van der Waals surface area contributed by atoms with Gasteiger partial charge in [0.2, 0.25) is 0 Å². The smallest absolute Gasteiger partial charge is 0.346 e. The number of thiophene rings is 1. The lowest BCUT2D eigenvalue weighted by Crippen LogP contribution is -2.01. The van der Waals surface area contributed by atoms with Crippen molar-refractivity contribution in [2.24, 2.45) is 0 Å². The first-order valence-electron chi connectivity index (χ1n) is 4.75. The monoisotopic (exact) mass is 234 g/mol. The second-order valence-corrected chi connectivity index (χ2v) is 4.10. The summed E-state index contributed by atoms with van der Waals surface area (Å²) in [6, 6.07) is 11.1. The van der Waals surface area contributed by atoms with Gasteiger partial charge in [0, 0.05) is 5.56 Å². The molecule has 16 heavy (non-hydrogen) atoms. The van der Waals surface area contributed by atoms with Gasteiger partial charge in [0.1, 0.15) is 17.2 Å². The average Bonchev–Trinajstić information content (AvgIpc) is 2.76. The molecule has 0 aliphatic heterocycles. The summed E-state index contributed by atoms with van der Waals surface area (Å²) in [4.78, 5) is 11.2. The Bertz CT molecular complexity index is 476. The van der Waals surface area contributed by atoms with Crippen LogP contribution in [0.15, 0.2) is 41.8 Å². The molecule has 1 aromatic carbocycles. The number of aromatic carboxylic acids is 1. The molecule has 3 nitrogen and oxygen atoms in total. The number of carboxylic acid groups (broad SMARTS) is 1. The van der Waals surface area contributed by atoms with Crippen LogP contribution < -0.4 is 4.74 Å². The van der Waals surface area contributed by atoms with Crippen LogP contribution in [0.4, 0.5) is 0 Å². The maximum Gasteiger partial charge on any atom is 0.346 e. The molecule has 0 aliphatic carbocycles. The number of ether oxygens (including phenoxy) is 1. The van der Waals surface area contributed by atoms with Gasteiger partial charge in [0.25, 0.3) is 0 Å². The maximum absolute atomic E-state index is 10.8. The molecule has 1 N–H and O–H groups in total. The van der Waals surface area contributed by atoms with Crippen LogP contribution in [-0.2, 0) is 6.61 Å². The van der Waals surface area contributed by atoms with E-state index in [0.29, 0.717) is 10.4 Å². The third-order valence-electron chi connectivity index (χ3n) is 2.08. The lowest BCUT2D eigenvalue weighted by molar-refractivity contribution is 0.0699. The van der Waals surface area contributed by atoms with Gasteiger partial charge in [-0.1, -0.05) is 18.2 Å². The van der Waals surface area contributed by atoms with Crippen LogP contribution in [0.25, 0.3) is 0 Å². The molecule has 0 radical (unpaired) electrons. The van der Waals surface area contributed by atoms with E-state index in [1.165, 1.54) is 11.3 Å². The first kappa shape index (κ1) is 10.7. The summed E-state index contributed by atoms with van der Waals surface area (Å²) in [5.41, 5.74) is 0.710. The Labute approximate surface area is 96.9 Å². The van der Waals surface area contributed by atoms with Gasteiger partial charge in [-0.2, -0.15) is 0 Å². The zero-order valence-electron chi connectivity index (χ0n) is 8.42. The second kappa shape index (κ2) is 4.81. The zero-order valence-corrected chi connectivity index (χ0v) is 9.24. The summed E-state index contributed by atoms with van der Waals surface area (Å²) >= 11 is 1.21. The summed E-state index contributed by atoms with van der Waals surface area (Å²) in [6.45, 7) is 0.287. The standard InChI is InChI=1S/C12H10O3S/c13-12(14)11-9(6-7-16-11)8-15-10-4-2-1-3-5-10/h1-7H,8H2,(H,13,14). The van der Waals surface area contributed by atoms with E-state index in [4.69, 9.17) is 9.84 Å². The van der Waals surface area contributed by atoms with E-state index < -0.39 is 5.97 Å². The Morgan fingerprint density at radius 1 is 1.25 bits per heavy atom. The van der Waals surface area contributed by atoms with Crippen molar-refractivity contribution in [2.75, 3.05) is 0 Å². The van der Waals surface area contributed by atoms with Gasteiger partial charge in [-0.05, 0) is 23.6 Å². The van der Waals surface area contributed by atoms with Crippen molar-refractivity contribution in [1.82, 2.24) is 0 Å². The number of rotatable bonds is 4. The minimum atomic E-state index is -0.901. The van der Waals surface area contributed by atoms with Gasteiger partial charge < -0.3 is 9.84 Å². The van der Waals surface area contributed by atoms with Crippen molar-refractivity contribution in [3.63, 3.8) is 0 Å². The van der Waals surface area contributed by atoms with Crippen molar-refractivity contribution in [1.29, 1.82) is 0 Å².